The number of hydrazine groups is 1. The average Bonchev–Trinajstić information content (AvgIpc) is 3.08. The van der Waals surface area contributed by atoms with Crippen LogP contribution in [0.15, 0.2) is 36.7 Å². The molecule has 6 heteroatoms. The Balaban J connectivity index is 2.05. The number of para-hydroxylation sites is 1. The van der Waals surface area contributed by atoms with Gasteiger partial charge in [-0.3, -0.25) is 15.2 Å². The van der Waals surface area contributed by atoms with Crippen molar-refractivity contribution in [3.05, 3.63) is 47.9 Å². The summed E-state index contributed by atoms with van der Waals surface area (Å²) in [4.78, 5) is 0. The number of benzene rings is 1. The Morgan fingerprint density at radius 3 is 2.90 bits per heavy atom. The number of nitrogens with zero attached hydrogens (tertiary/aromatic N) is 4. The monoisotopic (exact) mass is 284 g/mol. The van der Waals surface area contributed by atoms with Crippen molar-refractivity contribution in [2.24, 2.45) is 12.9 Å². The molecule has 1 atom stereocenters. The number of hydrogen-bond donors (Lipinski definition) is 2. The predicted molar refractivity (Wildman–Crippen MR) is 82.4 cm³/mol. The van der Waals surface area contributed by atoms with Gasteiger partial charge >= 0.3 is 0 Å². The molecule has 0 amide bonds. The highest BCUT2D eigenvalue weighted by molar-refractivity contribution is 5.82. The largest absolute Gasteiger partial charge is 0.272 e. The Morgan fingerprint density at radius 2 is 2.14 bits per heavy atom. The van der Waals surface area contributed by atoms with Crippen LogP contribution in [0, 0.1) is 0 Å². The maximum Gasteiger partial charge on any atom is 0.0936 e. The molecule has 0 spiro atoms. The molecule has 3 N–H and O–H groups in total. The first-order chi connectivity index (χ1) is 10.2. The number of nitrogens with two attached hydrogens (primary N) is 1. The van der Waals surface area contributed by atoms with E-state index in [1.54, 1.807) is 0 Å². The summed E-state index contributed by atoms with van der Waals surface area (Å²) in [5, 5.41) is 10.1. The van der Waals surface area contributed by atoms with Gasteiger partial charge in [0.25, 0.3) is 0 Å². The fourth-order valence-corrected chi connectivity index (χ4v) is 2.67. The predicted octanol–water partition coefficient (Wildman–Crippen LogP) is 1.73. The van der Waals surface area contributed by atoms with Crippen LogP contribution in [-0.2, 0) is 13.6 Å². The van der Waals surface area contributed by atoms with Crippen molar-refractivity contribution >= 4 is 10.9 Å². The molecule has 3 rings (SSSR count). The van der Waals surface area contributed by atoms with E-state index in [0.717, 1.165) is 35.1 Å². The van der Waals surface area contributed by atoms with Gasteiger partial charge in [-0.05, 0) is 12.5 Å². The number of aryl methyl sites for hydroxylation is 2. The molecule has 2 heterocycles. The Morgan fingerprint density at radius 1 is 1.33 bits per heavy atom. The molecule has 2 aromatic heterocycles. The van der Waals surface area contributed by atoms with Crippen LogP contribution in [0.3, 0.4) is 0 Å². The van der Waals surface area contributed by atoms with Crippen molar-refractivity contribution in [2.75, 3.05) is 0 Å². The van der Waals surface area contributed by atoms with E-state index in [0.29, 0.717) is 0 Å². The molecule has 1 unspecified atom stereocenters. The second-order valence-electron chi connectivity index (χ2n) is 5.16. The van der Waals surface area contributed by atoms with Gasteiger partial charge in [-0.15, -0.1) is 0 Å². The maximum atomic E-state index is 5.78. The van der Waals surface area contributed by atoms with Gasteiger partial charge in [-0.25, -0.2) is 5.43 Å². The van der Waals surface area contributed by atoms with Crippen LogP contribution in [-0.4, -0.2) is 19.6 Å². The van der Waals surface area contributed by atoms with E-state index in [9.17, 15) is 0 Å². The van der Waals surface area contributed by atoms with E-state index in [-0.39, 0.29) is 6.04 Å². The Hall–Kier alpha value is -2.18. The zero-order chi connectivity index (χ0) is 14.8. The minimum absolute atomic E-state index is 0.165. The molecule has 0 fully saturated rings. The Kier molecular flexibility index (Phi) is 3.72. The van der Waals surface area contributed by atoms with Crippen molar-refractivity contribution in [3.63, 3.8) is 0 Å². The number of nitrogens with one attached hydrogen (secondary N) is 1. The molecule has 110 valence electrons. The van der Waals surface area contributed by atoms with Gasteiger partial charge in [0.05, 0.1) is 23.4 Å². The molecule has 6 nitrogen and oxygen atoms in total. The molecule has 0 saturated carbocycles. The van der Waals surface area contributed by atoms with Crippen molar-refractivity contribution in [2.45, 2.75) is 25.9 Å². The summed E-state index contributed by atoms with van der Waals surface area (Å²) in [6.45, 7) is 3.03. The van der Waals surface area contributed by atoms with Gasteiger partial charge in [0.15, 0.2) is 0 Å². The van der Waals surface area contributed by atoms with Crippen LogP contribution in [0.1, 0.15) is 30.6 Å². The van der Waals surface area contributed by atoms with Gasteiger partial charge in [0.2, 0.25) is 0 Å². The molecule has 0 aliphatic heterocycles. The van der Waals surface area contributed by atoms with E-state index in [1.807, 2.05) is 40.9 Å². The number of aromatic nitrogens is 4. The van der Waals surface area contributed by atoms with Crippen LogP contribution in [0.5, 0.6) is 0 Å². The number of fused-ring (bicyclic) bond motifs is 1. The Bertz CT molecular complexity index is 742. The lowest BCUT2D eigenvalue weighted by Crippen LogP contribution is -2.29. The van der Waals surface area contributed by atoms with E-state index >= 15 is 0 Å². The summed E-state index contributed by atoms with van der Waals surface area (Å²) >= 11 is 0. The first kappa shape index (κ1) is 13.8. The van der Waals surface area contributed by atoms with Crippen molar-refractivity contribution in [3.8, 4) is 0 Å². The summed E-state index contributed by atoms with van der Waals surface area (Å²) in [5.41, 5.74) is 5.90. The van der Waals surface area contributed by atoms with Gasteiger partial charge in [0, 0.05) is 30.7 Å². The highest BCUT2D eigenvalue weighted by atomic mass is 15.3. The van der Waals surface area contributed by atoms with E-state index in [2.05, 4.69) is 34.7 Å². The lowest BCUT2D eigenvalue weighted by Gasteiger charge is -2.11. The van der Waals surface area contributed by atoms with Crippen LogP contribution < -0.4 is 11.3 Å². The normalized spacial score (nSPS) is 12.9. The summed E-state index contributed by atoms with van der Waals surface area (Å²) in [6, 6.07) is 7.99. The molecular weight excluding hydrogens is 264 g/mol. The van der Waals surface area contributed by atoms with Crippen molar-refractivity contribution in [1.29, 1.82) is 0 Å². The number of hydrogen-bond acceptors (Lipinski definition) is 4. The molecular formula is C15H20N6. The fourth-order valence-electron chi connectivity index (χ4n) is 2.67. The second kappa shape index (κ2) is 5.67. The molecule has 0 aliphatic carbocycles. The van der Waals surface area contributed by atoms with Gasteiger partial charge in [-0.1, -0.05) is 25.1 Å². The van der Waals surface area contributed by atoms with E-state index in [1.165, 1.54) is 0 Å². The lowest BCUT2D eigenvalue weighted by molar-refractivity contribution is 0.592. The highest BCUT2D eigenvalue weighted by Gasteiger charge is 2.20. The SMILES string of the molecule is CCCn1cc(C(NN)c2nn(C)c3ccccc23)cn1. The smallest absolute Gasteiger partial charge is 0.0936 e. The zero-order valence-electron chi connectivity index (χ0n) is 12.3. The van der Waals surface area contributed by atoms with Crippen LogP contribution in [0.2, 0.25) is 0 Å². The maximum absolute atomic E-state index is 5.78. The molecule has 21 heavy (non-hydrogen) atoms. The summed E-state index contributed by atoms with van der Waals surface area (Å²) in [5.74, 6) is 5.78. The molecule has 3 aromatic rings. The van der Waals surface area contributed by atoms with Gasteiger partial charge in [0.1, 0.15) is 0 Å². The molecule has 0 radical (unpaired) electrons. The van der Waals surface area contributed by atoms with E-state index < -0.39 is 0 Å². The van der Waals surface area contributed by atoms with Crippen LogP contribution in [0.25, 0.3) is 10.9 Å². The molecule has 0 saturated heterocycles. The van der Waals surface area contributed by atoms with Crippen molar-refractivity contribution in [1.82, 2.24) is 25.0 Å². The third-order valence-electron chi connectivity index (χ3n) is 3.67. The average molecular weight is 284 g/mol. The molecule has 1 aromatic carbocycles. The summed E-state index contributed by atoms with van der Waals surface area (Å²) < 4.78 is 3.82. The quantitative estimate of drug-likeness (QED) is 0.553. The lowest BCUT2D eigenvalue weighted by atomic mass is 10.0. The van der Waals surface area contributed by atoms with Crippen molar-refractivity contribution < 1.29 is 0 Å². The first-order valence-corrected chi connectivity index (χ1v) is 7.14. The molecule has 0 aliphatic rings. The van der Waals surface area contributed by atoms with E-state index in [4.69, 9.17) is 5.84 Å². The van der Waals surface area contributed by atoms with Crippen LogP contribution in [0.4, 0.5) is 0 Å². The molecule has 0 bridgehead atoms. The topological polar surface area (TPSA) is 73.7 Å². The summed E-state index contributed by atoms with van der Waals surface area (Å²) in [7, 11) is 1.94. The standard InChI is InChI=1S/C15H20N6/c1-3-8-21-10-11(9-17-21)14(18-16)15-12-6-4-5-7-13(12)20(2)19-15/h4-7,9-10,14,18H,3,8,16H2,1-2H3. The third kappa shape index (κ3) is 2.43. The minimum atomic E-state index is -0.165. The first-order valence-electron chi connectivity index (χ1n) is 7.14. The second-order valence-corrected chi connectivity index (χ2v) is 5.16. The fraction of sp³-hybridized carbons (Fsp3) is 0.333. The zero-order valence-corrected chi connectivity index (χ0v) is 12.3. The third-order valence-corrected chi connectivity index (χ3v) is 3.67. The Labute approximate surface area is 123 Å². The summed E-state index contributed by atoms with van der Waals surface area (Å²) in [6.07, 6.45) is 4.93. The highest BCUT2D eigenvalue weighted by Crippen LogP contribution is 2.27. The minimum Gasteiger partial charge on any atom is -0.272 e. The number of rotatable bonds is 5. The van der Waals surface area contributed by atoms with Crippen LogP contribution >= 0.6 is 0 Å². The van der Waals surface area contributed by atoms with Gasteiger partial charge < -0.3 is 0 Å². The van der Waals surface area contributed by atoms with Gasteiger partial charge in [-0.2, -0.15) is 10.2 Å².